The van der Waals surface area contributed by atoms with E-state index in [2.05, 4.69) is 58.7 Å². The Morgan fingerprint density at radius 2 is 1.94 bits per heavy atom. The van der Waals surface area contributed by atoms with Crippen molar-refractivity contribution >= 4 is 28.1 Å². The molecule has 0 radical (unpaired) electrons. The van der Waals surface area contributed by atoms with Gasteiger partial charge in [0.05, 0.1) is 23.1 Å². The van der Waals surface area contributed by atoms with Gasteiger partial charge in [0.1, 0.15) is 0 Å². The Bertz CT molecular complexity index is 1570. The van der Waals surface area contributed by atoms with Crippen LogP contribution in [-0.2, 0) is 24.8 Å². The van der Waals surface area contributed by atoms with E-state index in [1.165, 1.54) is 32.0 Å². The van der Waals surface area contributed by atoms with Crippen molar-refractivity contribution in [2.45, 2.75) is 25.8 Å². The minimum atomic E-state index is 0.272. The number of thiophene rings is 1. The van der Waals surface area contributed by atoms with Crippen molar-refractivity contribution in [2.75, 3.05) is 6.54 Å². The number of aromatic amines is 1. The SMILES string of the molecule is Cn1ncc2ccc(-c3n[nH]c4c3Cc3sc(-c5ccc(CN6CCCC6=O)cc5)cc3-4)cc21. The molecule has 2 aromatic carbocycles. The molecule has 6 nitrogen and oxygen atoms in total. The highest BCUT2D eigenvalue weighted by Gasteiger charge is 2.28. The molecule has 0 spiro atoms. The Kier molecular flexibility index (Phi) is 4.29. The molecule has 0 atom stereocenters. The minimum Gasteiger partial charge on any atom is -0.338 e. The average molecular weight is 466 g/mol. The third-order valence-corrected chi connectivity index (χ3v) is 8.27. The van der Waals surface area contributed by atoms with Gasteiger partial charge in [0, 0.05) is 64.8 Å². The highest BCUT2D eigenvalue weighted by molar-refractivity contribution is 7.16. The topological polar surface area (TPSA) is 66.8 Å². The van der Waals surface area contributed by atoms with E-state index >= 15 is 0 Å². The van der Waals surface area contributed by atoms with E-state index in [0.29, 0.717) is 13.0 Å². The second-order valence-electron chi connectivity index (χ2n) is 9.21. The molecule has 5 aromatic rings. The molecule has 1 saturated heterocycles. The van der Waals surface area contributed by atoms with Crippen molar-refractivity contribution < 1.29 is 4.79 Å². The largest absolute Gasteiger partial charge is 0.338 e. The molecule has 168 valence electrons. The van der Waals surface area contributed by atoms with Gasteiger partial charge in [-0.25, -0.2) is 0 Å². The molecule has 1 N–H and O–H groups in total. The fourth-order valence-corrected chi connectivity index (χ4v) is 6.41. The Balaban J connectivity index is 1.16. The molecule has 3 aromatic heterocycles. The van der Waals surface area contributed by atoms with Crippen LogP contribution in [0.4, 0.5) is 0 Å². The van der Waals surface area contributed by atoms with Crippen LogP contribution in [0, 0.1) is 0 Å². The molecule has 4 heterocycles. The van der Waals surface area contributed by atoms with E-state index in [-0.39, 0.29) is 5.91 Å². The minimum absolute atomic E-state index is 0.272. The van der Waals surface area contributed by atoms with Crippen LogP contribution in [0.15, 0.2) is 54.7 Å². The molecular formula is C27H23N5OS. The summed E-state index contributed by atoms with van der Waals surface area (Å²) in [4.78, 5) is 16.5. The number of hydrogen-bond acceptors (Lipinski definition) is 4. The molecule has 34 heavy (non-hydrogen) atoms. The Morgan fingerprint density at radius 3 is 2.76 bits per heavy atom. The number of benzene rings is 2. The molecule has 2 aliphatic rings. The van der Waals surface area contributed by atoms with Crippen molar-refractivity contribution in [3.05, 3.63) is 70.7 Å². The lowest BCUT2D eigenvalue weighted by Crippen LogP contribution is -2.23. The van der Waals surface area contributed by atoms with Gasteiger partial charge in [-0.3, -0.25) is 14.6 Å². The summed E-state index contributed by atoms with van der Waals surface area (Å²) < 4.78 is 1.91. The molecule has 1 fully saturated rings. The number of carbonyl (C=O) groups excluding carboxylic acids is 1. The zero-order chi connectivity index (χ0) is 22.8. The van der Waals surface area contributed by atoms with Crippen LogP contribution >= 0.6 is 11.3 Å². The lowest BCUT2D eigenvalue weighted by molar-refractivity contribution is -0.128. The summed E-state index contributed by atoms with van der Waals surface area (Å²) in [7, 11) is 1.97. The second kappa shape index (κ2) is 7.40. The first kappa shape index (κ1) is 19.7. The summed E-state index contributed by atoms with van der Waals surface area (Å²) in [6, 6.07) is 17.4. The maximum atomic E-state index is 11.9. The van der Waals surface area contributed by atoms with Crippen LogP contribution in [0.5, 0.6) is 0 Å². The average Bonchev–Trinajstić information content (AvgIpc) is 3.65. The fourth-order valence-electron chi connectivity index (χ4n) is 5.23. The number of likely N-dealkylation sites (tertiary alicyclic amines) is 1. The van der Waals surface area contributed by atoms with Crippen LogP contribution in [-0.4, -0.2) is 37.3 Å². The van der Waals surface area contributed by atoms with Crippen LogP contribution in [0.3, 0.4) is 0 Å². The number of aromatic nitrogens is 4. The first-order chi connectivity index (χ1) is 16.6. The zero-order valence-corrected chi connectivity index (χ0v) is 19.7. The number of amides is 1. The number of nitrogens with zero attached hydrogens (tertiary/aromatic N) is 4. The maximum Gasteiger partial charge on any atom is 0.222 e. The van der Waals surface area contributed by atoms with Crippen molar-refractivity contribution in [2.24, 2.45) is 7.05 Å². The highest BCUT2D eigenvalue weighted by atomic mass is 32.1. The molecule has 7 heteroatoms. The molecule has 0 saturated carbocycles. The van der Waals surface area contributed by atoms with Gasteiger partial charge < -0.3 is 4.90 Å². The predicted molar refractivity (Wildman–Crippen MR) is 135 cm³/mol. The Hall–Kier alpha value is -3.71. The van der Waals surface area contributed by atoms with Crippen molar-refractivity contribution in [1.82, 2.24) is 24.9 Å². The predicted octanol–water partition coefficient (Wildman–Crippen LogP) is 5.39. The molecular weight excluding hydrogens is 442 g/mol. The van der Waals surface area contributed by atoms with Gasteiger partial charge in [-0.05, 0) is 29.7 Å². The number of carbonyl (C=O) groups is 1. The van der Waals surface area contributed by atoms with E-state index < -0.39 is 0 Å². The van der Waals surface area contributed by atoms with E-state index in [0.717, 1.165) is 47.2 Å². The summed E-state index contributed by atoms with van der Waals surface area (Å²) in [5.41, 5.74) is 9.36. The number of hydrogen-bond donors (Lipinski definition) is 1. The lowest BCUT2D eigenvalue weighted by atomic mass is 10.0. The molecule has 0 bridgehead atoms. The van der Waals surface area contributed by atoms with Crippen LogP contribution in [0.1, 0.15) is 28.8 Å². The molecule has 7 rings (SSSR count). The number of H-pyrrole nitrogens is 1. The maximum absolute atomic E-state index is 11.9. The third-order valence-electron chi connectivity index (χ3n) is 7.09. The monoisotopic (exact) mass is 465 g/mol. The van der Waals surface area contributed by atoms with Gasteiger partial charge in [0.2, 0.25) is 5.91 Å². The van der Waals surface area contributed by atoms with E-state index in [9.17, 15) is 4.79 Å². The Morgan fingerprint density at radius 1 is 1.09 bits per heavy atom. The summed E-state index contributed by atoms with van der Waals surface area (Å²) in [6.45, 7) is 1.59. The molecule has 0 unspecified atom stereocenters. The van der Waals surface area contributed by atoms with Crippen molar-refractivity contribution in [1.29, 1.82) is 0 Å². The third kappa shape index (κ3) is 3.04. The lowest BCUT2D eigenvalue weighted by Gasteiger charge is -2.15. The number of nitrogens with one attached hydrogen (secondary N) is 1. The number of aryl methyl sites for hydroxylation is 1. The molecule has 1 aliphatic heterocycles. The quantitative estimate of drug-likeness (QED) is 0.380. The van der Waals surface area contributed by atoms with Gasteiger partial charge in [0.15, 0.2) is 0 Å². The van der Waals surface area contributed by atoms with Crippen molar-refractivity contribution in [3.8, 4) is 33.0 Å². The zero-order valence-electron chi connectivity index (χ0n) is 18.8. The van der Waals surface area contributed by atoms with Crippen LogP contribution < -0.4 is 0 Å². The van der Waals surface area contributed by atoms with Crippen LogP contribution in [0.2, 0.25) is 0 Å². The number of rotatable bonds is 4. The first-order valence-electron chi connectivity index (χ1n) is 11.6. The first-order valence-corrected chi connectivity index (χ1v) is 12.5. The van der Waals surface area contributed by atoms with Gasteiger partial charge in [-0.2, -0.15) is 10.2 Å². The smallest absolute Gasteiger partial charge is 0.222 e. The number of fused-ring (bicyclic) bond motifs is 4. The van der Waals surface area contributed by atoms with Gasteiger partial charge in [-0.15, -0.1) is 11.3 Å². The Labute approximate surface area is 200 Å². The fraction of sp³-hybridized carbons (Fsp3) is 0.222. The summed E-state index contributed by atoms with van der Waals surface area (Å²) in [5, 5.41) is 13.5. The molecule has 1 aliphatic carbocycles. The van der Waals surface area contributed by atoms with Crippen molar-refractivity contribution in [3.63, 3.8) is 0 Å². The van der Waals surface area contributed by atoms with E-state index in [1.807, 2.05) is 34.2 Å². The van der Waals surface area contributed by atoms with E-state index in [1.54, 1.807) is 0 Å². The summed E-state index contributed by atoms with van der Waals surface area (Å²) >= 11 is 1.86. The standard InChI is InChI=1S/C27H23N5OS/c1-31-22-11-18(8-9-19(22)14-28-31)26-21-13-24-20(27(21)30-29-26)12-23(34-24)17-6-4-16(5-7-17)15-32-10-2-3-25(32)33/h4-9,11-12,14H,2-3,10,13,15H2,1H3,(H,29,30). The van der Waals surface area contributed by atoms with E-state index in [4.69, 9.17) is 5.10 Å². The highest BCUT2D eigenvalue weighted by Crippen LogP contribution is 2.46. The second-order valence-corrected chi connectivity index (χ2v) is 10.3. The van der Waals surface area contributed by atoms with Gasteiger partial charge in [0.25, 0.3) is 0 Å². The van der Waals surface area contributed by atoms with Crippen LogP contribution in [0.25, 0.3) is 43.9 Å². The summed E-state index contributed by atoms with van der Waals surface area (Å²) in [6.07, 6.45) is 4.46. The van der Waals surface area contributed by atoms with Gasteiger partial charge >= 0.3 is 0 Å². The molecule has 1 amide bonds. The summed E-state index contributed by atoms with van der Waals surface area (Å²) in [5.74, 6) is 0.272. The van der Waals surface area contributed by atoms with Gasteiger partial charge in [-0.1, -0.05) is 36.4 Å². The normalized spacial score (nSPS) is 14.9.